The zero-order valence-electron chi connectivity index (χ0n) is 13.0. The van der Waals surface area contributed by atoms with Crippen molar-refractivity contribution in [1.29, 1.82) is 0 Å². The highest BCUT2D eigenvalue weighted by atomic mass is 32.2. The smallest absolute Gasteiger partial charge is 0.238 e. The minimum absolute atomic E-state index is 0.00946. The first-order valence-corrected chi connectivity index (χ1v) is 9.27. The van der Waals surface area contributed by atoms with E-state index in [0.717, 1.165) is 24.0 Å². The Kier molecular flexibility index (Phi) is 5.58. The zero-order chi connectivity index (χ0) is 16.2. The molecule has 22 heavy (non-hydrogen) atoms. The summed E-state index contributed by atoms with van der Waals surface area (Å²) in [6, 6.07) is 7.32. The van der Waals surface area contributed by atoms with Crippen molar-refractivity contribution in [2.45, 2.75) is 43.8 Å². The van der Waals surface area contributed by atoms with Crippen molar-refractivity contribution in [2.75, 3.05) is 13.2 Å². The van der Waals surface area contributed by atoms with Crippen LogP contribution in [0.4, 0.5) is 0 Å². The van der Waals surface area contributed by atoms with Crippen LogP contribution in [0.3, 0.4) is 0 Å². The van der Waals surface area contributed by atoms with Gasteiger partial charge in [0.25, 0.3) is 0 Å². The van der Waals surface area contributed by atoms with E-state index in [1.54, 1.807) is 12.1 Å². The maximum absolute atomic E-state index is 12.4. The number of hydrogen-bond donors (Lipinski definition) is 1. The van der Waals surface area contributed by atoms with Gasteiger partial charge in [0, 0.05) is 13.2 Å². The van der Waals surface area contributed by atoms with Gasteiger partial charge in [-0.15, -0.1) is 0 Å². The number of sulfone groups is 1. The molecule has 1 amide bonds. The Balaban J connectivity index is 1.95. The molecule has 0 saturated carbocycles. The molecular formula is C16H23NO4S. The maximum Gasteiger partial charge on any atom is 0.238 e. The Morgan fingerprint density at radius 2 is 2.14 bits per heavy atom. The normalized spacial score (nSPS) is 19.8. The highest BCUT2D eigenvalue weighted by Gasteiger charge is 2.29. The number of rotatable bonds is 6. The van der Waals surface area contributed by atoms with Gasteiger partial charge in [0.1, 0.15) is 5.25 Å². The summed E-state index contributed by atoms with van der Waals surface area (Å²) in [4.78, 5) is 12.1. The predicted molar refractivity (Wildman–Crippen MR) is 85.2 cm³/mol. The van der Waals surface area contributed by atoms with Crippen LogP contribution in [0.15, 0.2) is 24.3 Å². The highest BCUT2D eigenvalue weighted by Crippen LogP contribution is 2.15. The molecule has 5 nitrogen and oxygen atoms in total. The lowest BCUT2D eigenvalue weighted by Crippen LogP contribution is -2.41. The third kappa shape index (κ3) is 4.30. The molecule has 1 aromatic carbocycles. The van der Waals surface area contributed by atoms with Gasteiger partial charge in [-0.2, -0.15) is 0 Å². The van der Waals surface area contributed by atoms with E-state index in [2.05, 4.69) is 5.32 Å². The van der Waals surface area contributed by atoms with Crippen molar-refractivity contribution < 1.29 is 17.9 Å². The van der Waals surface area contributed by atoms with E-state index in [1.165, 1.54) is 6.92 Å². The quantitative estimate of drug-likeness (QED) is 0.862. The van der Waals surface area contributed by atoms with E-state index in [4.69, 9.17) is 4.74 Å². The Morgan fingerprint density at radius 1 is 1.41 bits per heavy atom. The molecular weight excluding hydrogens is 302 g/mol. The molecule has 6 heteroatoms. The molecule has 0 spiro atoms. The summed E-state index contributed by atoms with van der Waals surface area (Å²) in [5.41, 5.74) is 1.65. The summed E-state index contributed by atoms with van der Waals surface area (Å²) in [5.74, 6) is -0.571. The Labute approximate surface area is 132 Å². The lowest BCUT2D eigenvalue weighted by Gasteiger charge is -2.16. The first-order chi connectivity index (χ1) is 10.4. The van der Waals surface area contributed by atoms with Crippen molar-refractivity contribution in [2.24, 2.45) is 0 Å². The molecule has 0 bridgehead atoms. The first-order valence-electron chi connectivity index (χ1n) is 7.55. The molecule has 1 fully saturated rings. The molecule has 1 aliphatic rings. The Hall–Kier alpha value is -1.40. The maximum atomic E-state index is 12.4. The van der Waals surface area contributed by atoms with Gasteiger partial charge >= 0.3 is 0 Å². The van der Waals surface area contributed by atoms with Gasteiger partial charge in [0.05, 0.1) is 11.9 Å². The van der Waals surface area contributed by atoms with E-state index in [9.17, 15) is 13.2 Å². The van der Waals surface area contributed by atoms with Crippen LogP contribution in [0, 0.1) is 6.92 Å². The molecule has 0 aliphatic carbocycles. The predicted octanol–water partition coefficient (Wildman–Crippen LogP) is 1.59. The first kappa shape index (κ1) is 17.0. The molecule has 0 radical (unpaired) electrons. The summed E-state index contributed by atoms with van der Waals surface area (Å²) in [7, 11) is -3.53. The van der Waals surface area contributed by atoms with E-state index in [0.29, 0.717) is 13.2 Å². The number of nitrogens with one attached hydrogen (secondary N) is 1. The third-order valence-corrected chi connectivity index (χ3v) is 6.06. The number of hydrogen-bond acceptors (Lipinski definition) is 4. The van der Waals surface area contributed by atoms with E-state index in [-0.39, 0.29) is 11.9 Å². The molecule has 1 aromatic rings. The average Bonchev–Trinajstić information content (AvgIpc) is 2.99. The number of carbonyl (C=O) groups is 1. The minimum Gasteiger partial charge on any atom is -0.376 e. The van der Waals surface area contributed by atoms with E-state index >= 15 is 0 Å². The van der Waals surface area contributed by atoms with Crippen molar-refractivity contribution in [1.82, 2.24) is 5.32 Å². The molecule has 1 N–H and O–H groups in total. The van der Waals surface area contributed by atoms with Gasteiger partial charge in [0.15, 0.2) is 9.84 Å². The van der Waals surface area contributed by atoms with Gasteiger partial charge < -0.3 is 10.1 Å². The van der Waals surface area contributed by atoms with Crippen molar-refractivity contribution >= 4 is 15.7 Å². The van der Waals surface area contributed by atoms with Crippen LogP contribution >= 0.6 is 0 Å². The molecule has 1 heterocycles. The molecule has 1 saturated heterocycles. The van der Waals surface area contributed by atoms with Gasteiger partial charge in [0.2, 0.25) is 5.91 Å². The Bertz CT molecular complexity index is 621. The molecule has 2 unspecified atom stereocenters. The van der Waals surface area contributed by atoms with Crippen LogP contribution in [0.1, 0.15) is 30.9 Å². The van der Waals surface area contributed by atoms with Crippen molar-refractivity contribution in [3.05, 3.63) is 35.4 Å². The summed E-state index contributed by atoms with van der Waals surface area (Å²) < 4.78 is 30.2. The topological polar surface area (TPSA) is 72.5 Å². The van der Waals surface area contributed by atoms with Crippen LogP contribution in [0.5, 0.6) is 0 Å². The minimum atomic E-state index is -3.53. The molecule has 1 aliphatic heterocycles. The highest BCUT2D eigenvalue weighted by molar-refractivity contribution is 7.92. The van der Waals surface area contributed by atoms with Gasteiger partial charge in [-0.1, -0.05) is 24.3 Å². The summed E-state index contributed by atoms with van der Waals surface area (Å²) >= 11 is 0. The second kappa shape index (κ2) is 7.24. The average molecular weight is 325 g/mol. The number of aryl methyl sites for hydroxylation is 1. The third-order valence-electron chi connectivity index (χ3n) is 4.05. The van der Waals surface area contributed by atoms with Crippen molar-refractivity contribution in [3.63, 3.8) is 0 Å². The summed E-state index contributed by atoms with van der Waals surface area (Å²) in [6.07, 6.45) is 1.90. The van der Waals surface area contributed by atoms with Crippen molar-refractivity contribution in [3.8, 4) is 0 Å². The van der Waals surface area contributed by atoms with Crippen LogP contribution in [0.2, 0.25) is 0 Å². The number of carbonyl (C=O) groups excluding carboxylic acids is 1. The van der Waals surface area contributed by atoms with E-state index < -0.39 is 21.0 Å². The van der Waals surface area contributed by atoms with Gasteiger partial charge in [-0.3, -0.25) is 4.79 Å². The van der Waals surface area contributed by atoms with Crippen LogP contribution in [-0.4, -0.2) is 38.8 Å². The van der Waals surface area contributed by atoms with Gasteiger partial charge in [-0.25, -0.2) is 8.42 Å². The Morgan fingerprint density at radius 3 is 2.77 bits per heavy atom. The fourth-order valence-corrected chi connectivity index (χ4v) is 3.86. The summed E-state index contributed by atoms with van der Waals surface area (Å²) in [5, 5.41) is 1.63. The fraction of sp³-hybridized carbons (Fsp3) is 0.562. The van der Waals surface area contributed by atoms with E-state index in [1.807, 2.05) is 19.1 Å². The number of benzene rings is 1. The van der Waals surface area contributed by atoms with Crippen LogP contribution in [0.25, 0.3) is 0 Å². The zero-order valence-corrected chi connectivity index (χ0v) is 13.9. The second-order valence-electron chi connectivity index (χ2n) is 5.76. The van der Waals surface area contributed by atoms with Gasteiger partial charge in [-0.05, 0) is 37.8 Å². The standard InChI is InChI=1S/C16H23NO4S/c1-12-6-3-4-7-14(12)11-22(19,20)13(2)16(18)17-10-15-8-5-9-21-15/h3-4,6-7,13,15H,5,8-11H2,1-2H3,(H,17,18). The SMILES string of the molecule is Cc1ccccc1CS(=O)(=O)C(C)C(=O)NCC1CCCO1. The fourth-order valence-electron chi connectivity index (χ4n) is 2.44. The lowest BCUT2D eigenvalue weighted by molar-refractivity contribution is -0.120. The number of ether oxygens (including phenoxy) is 1. The summed E-state index contributed by atoms with van der Waals surface area (Å²) in [6.45, 7) is 4.40. The molecule has 0 aromatic heterocycles. The largest absolute Gasteiger partial charge is 0.376 e. The molecule has 2 atom stereocenters. The monoisotopic (exact) mass is 325 g/mol. The lowest BCUT2D eigenvalue weighted by atomic mass is 10.1. The second-order valence-corrected chi connectivity index (χ2v) is 8.08. The van der Waals surface area contributed by atoms with Crippen LogP contribution in [-0.2, 0) is 25.1 Å². The molecule has 122 valence electrons. The molecule has 2 rings (SSSR count). The number of amides is 1. The van der Waals surface area contributed by atoms with Crippen LogP contribution < -0.4 is 5.32 Å².